The lowest BCUT2D eigenvalue weighted by Gasteiger charge is -2.24. The number of ether oxygens (including phenoxy) is 2. The van der Waals surface area contributed by atoms with Crippen molar-refractivity contribution >= 4 is 12.1 Å². The molecule has 0 aliphatic carbocycles. The minimum absolute atomic E-state index is 0.333. The van der Waals surface area contributed by atoms with Gasteiger partial charge in [-0.15, -0.1) is 0 Å². The molecule has 5 nitrogen and oxygen atoms in total. The average Bonchev–Trinajstić information content (AvgIpc) is 2.29. The second-order valence-electron chi connectivity index (χ2n) is 3.80. The lowest BCUT2D eigenvalue weighted by Crippen LogP contribution is -2.37. The molecule has 0 heterocycles. The van der Waals surface area contributed by atoms with Crippen LogP contribution in [0.15, 0.2) is 0 Å². The van der Waals surface area contributed by atoms with Gasteiger partial charge < -0.3 is 14.4 Å². The second kappa shape index (κ2) is 7.92. The summed E-state index contributed by atoms with van der Waals surface area (Å²) >= 11 is 0. The molecule has 0 aromatic rings. The van der Waals surface area contributed by atoms with Gasteiger partial charge in [0, 0.05) is 13.1 Å². The van der Waals surface area contributed by atoms with Crippen LogP contribution in [0.4, 0.5) is 4.79 Å². The normalized spacial score (nSPS) is 13.7. The minimum atomic E-state index is -0.484. The molecule has 0 aromatic heterocycles. The first-order chi connectivity index (χ1) is 7.97. The Morgan fingerprint density at radius 2 is 1.65 bits per heavy atom. The summed E-state index contributed by atoms with van der Waals surface area (Å²) in [6.07, 6.45) is -0.874. The number of hydrogen-bond acceptors (Lipinski definition) is 4. The predicted molar refractivity (Wildman–Crippen MR) is 64.7 cm³/mol. The summed E-state index contributed by atoms with van der Waals surface area (Å²) in [7, 11) is 0. The van der Waals surface area contributed by atoms with Crippen LogP contribution in [0.3, 0.4) is 0 Å². The summed E-state index contributed by atoms with van der Waals surface area (Å²) < 4.78 is 10.1. The van der Waals surface area contributed by atoms with E-state index in [0.29, 0.717) is 19.7 Å². The molecule has 17 heavy (non-hydrogen) atoms. The summed E-state index contributed by atoms with van der Waals surface area (Å²) in [6.45, 7) is 10.4. The smallest absolute Gasteiger partial charge is 0.410 e. The first-order valence-electron chi connectivity index (χ1n) is 6.09. The average molecular weight is 245 g/mol. The topological polar surface area (TPSA) is 55.8 Å². The summed E-state index contributed by atoms with van der Waals surface area (Å²) in [5.41, 5.74) is 0. The number of esters is 1. The van der Waals surface area contributed by atoms with Crippen LogP contribution in [0.5, 0.6) is 0 Å². The molecule has 0 aliphatic heterocycles. The van der Waals surface area contributed by atoms with Gasteiger partial charge in [-0.1, -0.05) is 0 Å². The highest BCUT2D eigenvalue weighted by Gasteiger charge is 2.25. The van der Waals surface area contributed by atoms with Crippen LogP contribution in [-0.2, 0) is 14.3 Å². The number of hydrogen-bond donors (Lipinski definition) is 0. The predicted octanol–water partition coefficient (Wildman–Crippen LogP) is 2.05. The van der Waals surface area contributed by atoms with E-state index >= 15 is 0 Å². The largest absolute Gasteiger partial charge is 0.466 e. The Bertz CT molecular complexity index is 251. The van der Waals surface area contributed by atoms with Crippen molar-refractivity contribution in [2.75, 3.05) is 19.7 Å². The van der Waals surface area contributed by atoms with Gasteiger partial charge >= 0.3 is 12.1 Å². The van der Waals surface area contributed by atoms with Crippen LogP contribution in [0, 0.1) is 5.92 Å². The molecular weight excluding hydrogens is 222 g/mol. The molecule has 2 atom stereocenters. The van der Waals surface area contributed by atoms with Crippen molar-refractivity contribution in [3.8, 4) is 0 Å². The highest BCUT2D eigenvalue weighted by Crippen LogP contribution is 2.11. The molecule has 2 unspecified atom stereocenters. The van der Waals surface area contributed by atoms with Crippen molar-refractivity contribution in [2.45, 2.75) is 40.7 Å². The standard InChI is InChI=1S/C12H23NO4/c1-6-13(7-2)12(15)17-10(5)9(4)11(14)16-8-3/h9-10H,6-8H2,1-5H3. The van der Waals surface area contributed by atoms with Crippen molar-refractivity contribution in [1.82, 2.24) is 4.90 Å². The van der Waals surface area contributed by atoms with E-state index in [1.54, 1.807) is 25.7 Å². The highest BCUT2D eigenvalue weighted by molar-refractivity contribution is 5.73. The minimum Gasteiger partial charge on any atom is -0.466 e. The third-order valence-corrected chi connectivity index (χ3v) is 2.67. The van der Waals surface area contributed by atoms with Crippen molar-refractivity contribution in [2.24, 2.45) is 5.92 Å². The fraction of sp³-hybridized carbons (Fsp3) is 0.833. The van der Waals surface area contributed by atoms with E-state index in [0.717, 1.165) is 0 Å². The summed E-state index contributed by atoms with van der Waals surface area (Å²) in [5, 5.41) is 0. The molecule has 0 spiro atoms. The number of carbonyl (C=O) groups is 2. The van der Waals surface area contributed by atoms with Crippen molar-refractivity contribution in [3.63, 3.8) is 0 Å². The summed E-state index contributed by atoms with van der Waals surface area (Å²) in [5.74, 6) is -0.790. The van der Waals surface area contributed by atoms with E-state index in [1.165, 1.54) is 0 Å². The molecule has 0 radical (unpaired) electrons. The zero-order valence-corrected chi connectivity index (χ0v) is 11.4. The molecule has 0 bridgehead atoms. The van der Waals surface area contributed by atoms with E-state index in [1.807, 2.05) is 13.8 Å². The quantitative estimate of drug-likeness (QED) is 0.672. The zero-order valence-electron chi connectivity index (χ0n) is 11.4. The first-order valence-corrected chi connectivity index (χ1v) is 6.09. The fourth-order valence-electron chi connectivity index (χ4n) is 1.28. The van der Waals surface area contributed by atoms with Gasteiger partial charge in [0.15, 0.2) is 0 Å². The maximum Gasteiger partial charge on any atom is 0.410 e. The Kier molecular flexibility index (Phi) is 7.34. The Hall–Kier alpha value is -1.26. The lowest BCUT2D eigenvalue weighted by atomic mass is 10.1. The van der Waals surface area contributed by atoms with Gasteiger partial charge in [0.2, 0.25) is 0 Å². The molecule has 0 fully saturated rings. The number of nitrogens with zero attached hydrogens (tertiary/aromatic N) is 1. The monoisotopic (exact) mass is 245 g/mol. The number of amides is 1. The molecule has 0 aromatic carbocycles. The summed E-state index contributed by atoms with van der Waals surface area (Å²) in [4.78, 5) is 24.7. The van der Waals surface area contributed by atoms with Gasteiger partial charge in [0.1, 0.15) is 6.10 Å². The third-order valence-electron chi connectivity index (χ3n) is 2.67. The molecular formula is C12H23NO4. The maximum atomic E-state index is 11.7. The Morgan fingerprint density at radius 1 is 1.12 bits per heavy atom. The van der Waals surface area contributed by atoms with Crippen molar-refractivity contribution < 1.29 is 19.1 Å². The maximum absolute atomic E-state index is 11.7. The van der Waals surface area contributed by atoms with Gasteiger partial charge in [-0.25, -0.2) is 4.79 Å². The number of rotatable bonds is 6. The Balaban J connectivity index is 4.28. The first kappa shape index (κ1) is 15.7. The van der Waals surface area contributed by atoms with E-state index in [2.05, 4.69) is 0 Å². The van der Waals surface area contributed by atoms with Crippen LogP contribution >= 0.6 is 0 Å². The Labute approximate surface area is 103 Å². The van der Waals surface area contributed by atoms with Crippen LogP contribution < -0.4 is 0 Å². The van der Waals surface area contributed by atoms with Crippen LogP contribution in [0.2, 0.25) is 0 Å². The molecule has 0 rings (SSSR count). The molecule has 100 valence electrons. The molecule has 0 saturated carbocycles. The molecule has 5 heteroatoms. The van der Waals surface area contributed by atoms with E-state index in [4.69, 9.17) is 9.47 Å². The third kappa shape index (κ3) is 5.06. The fourth-order valence-corrected chi connectivity index (χ4v) is 1.28. The molecule has 0 aliphatic rings. The van der Waals surface area contributed by atoms with Crippen LogP contribution in [0.25, 0.3) is 0 Å². The van der Waals surface area contributed by atoms with Gasteiger partial charge in [0.25, 0.3) is 0 Å². The van der Waals surface area contributed by atoms with Crippen molar-refractivity contribution in [3.05, 3.63) is 0 Å². The van der Waals surface area contributed by atoms with Gasteiger partial charge in [-0.05, 0) is 34.6 Å². The number of carbonyl (C=O) groups excluding carboxylic acids is 2. The van der Waals surface area contributed by atoms with Crippen molar-refractivity contribution in [1.29, 1.82) is 0 Å². The van der Waals surface area contributed by atoms with Gasteiger partial charge in [-0.3, -0.25) is 4.79 Å². The Morgan fingerprint density at radius 3 is 2.06 bits per heavy atom. The van der Waals surface area contributed by atoms with E-state index in [9.17, 15) is 9.59 Å². The molecule has 1 amide bonds. The summed E-state index contributed by atoms with van der Waals surface area (Å²) in [6, 6.07) is 0. The van der Waals surface area contributed by atoms with Crippen LogP contribution in [0.1, 0.15) is 34.6 Å². The lowest BCUT2D eigenvalue weighted by molar-refractivity contribution is -0.150. The van der Waals surface area contributed by atoms with E-state index < -0.39 is 18.1 Å². The molecule has 0 N–H and O–H groups in total. The second-order valence-corrected chi connectivity index (χ2v) is 3.80. The van der Waals surface area contributed by atoms with Gasteiger partial charge in [-0.2, -0.15) is 0 Å². The highest BCUT2D eigenvalue weighted by atomic mass is 16.6. The van der Waals surface area contributed by atoms with Gasteiger partial charge in [0.05, 0.1) is 12.5 Å². The van der Waals surface area contributed by atoms with Crippen LogP contribution in [-0.4, -0.2) is 42.8 Å². The van der Waals surface area contributed by atoms with E-state index in [-0.39, 0.29) is 5.97 Å². The SMILES string of the molecule is CCOC(=O)C(C)C(C)OC(=O)N(CC)CC. The zero-order chi connectivity index (χ0) is 13.4. The molecule has 0 saturated heterocycles.